The van der Waals surface area contributed by atoms with Crippen LogP contribution in [0.3, 0.4) is 0 Å². The molecule has 4 heteroatoms. The van der Waals surface area contributed by atoms with E-state index in [1.807, 2.05) is 42.1 Å². The zero-order valence-electron chi connectivity index (χ0n) is 11.6. The minimum Gasteiger partial charge on any atom is -0.491 e. The molecule has 0 unspecified atom stereocenters. The van der Waals surface area contributed by atoms with Gasteiger partial charge < -0.3 is 10.1 Å². The molecule has 0 atom stereocenters. The van der Waals surface area contributed by atoms with E-state index < -0.39 is 0 Å². The fourth-order valence-corrected chi connectivity index (χ4v) is 1.89. The molecule has 0 saturated carbocycles. The number of hydrogen-bond donors (Lipinski definition) is 1. The van der Waals surface area contributed by atoms with Gasteiger partial charge in [-0.1, -0.05) is 25.1 Å². The lowest BCUT2D eigenvalue weighted by molar-refractivity contribution is 0.288. The Morgan fingerprint density at radius 3 is 2.84 bits per heavy atom. The van der Waals surface area contributed by atoms with Gasteiger partial charge in [0.15, 0.2) is 0 Å². The summed E-state index contributed by atoms with van der Waals surface area (Å²) in [6, 6.07) is 10.1. The first-order chi connectivity index (χ1) is 9.29. The summed E-state index contributed by atoms with van der Waals surface area (Å²) in [5.41, 5.74) is 2.23. The third kappa shape index (κ3) is 4.10. The summed E-state index contributed by atoms with van der Waals surface area (Å²) in [5.74, 6) is 0.951. The Bertz CT molecular complexity index is 508. The van der Waals surface area contributed by atoms with Crippen molar-refractivity contribution >= 4 is 0 Å². The number of nitrogens with one attached hydrogen (secondary N) is 1. The number of hydrogen-bond acceptors (Lipinski definition) is 3. The van der Waals surface area contributed by atoms with Gasteiger partial charge in [0, 0.05) is 18.3 Å². The van der Waals surface area contributed by atoms with Crippen molar-refractivity contribution in [1.82, 2.24) is 15.1 Å². The summed E-state index contributed by atoms with van der Waals surface area (Å²) in [6.45, 7) is 7.29. The Kier molecular flexibility index (Phi) is 4.98. The van der Waals surface area contributed by atoms with Crippen molar-refractivity contribution in [1.29, 1.82) is 0 Å². The van der Waals surface area contributed by atoms with E-state index in [0.29, 0.717) is 6.61 Å². The molecule has 2 aromatic rings. The predicted molar refractivity (Wildman–Crippen MR) is 76.3 cm³/mol. The van der Waals surface area contributed by atoms with Crippen LogP contribution in [0.1, 0.15) is 18.2 Å². The molecule has 0 spiro atoms. The van der Waals surface area contributed by atoms with Gasteiger partial charge in [-0.15, -0.1) is 0 Å². The molecule has 2 rings (SSSR count). The van der Waals surface area contributed by atoms with Crippen LogP contribution >= 0.6 is 0 Å². The smallest absolute Gasteiger partial charge is 0.123 e. The second kappa shape index (κ2) is 6.95. The Labute approximate surface area is 114 Å². The molecule has 1 aromatic carbocycles. The van der Waals surface area contributed by atoms with E-state index >= 15 is 0 Å². The van der Waals surface area contributed by atoms with Crippen LogP contribution in [-0.4, -0.2) is 22.9 Å². The van der Waals surface area contributed by atoms with Crippen molar-refractivity contribution in [2.75, 3.05) is 13.2 Å². The summed E-state index contributed by atoms with van der Waals surface area (Å²) >= 11 is 0. The number of rotatable bonds is 7. The lowest BCUT2D eigenvalue weighted by Crippen LogP contribution is -2.14. The first-order valence-electron chi connectivity index (χ1n) is 6.71. The van der Waals surface area contributed by atoms with Gasteiger partial charge in [-0.3, -0.25) is 4.68 Å². The topological polar surface area (TPSA) is 39.1 Å². The second-order valence-corrected chi connectivity index (χ2v) is 4.46. The molecule has 4 nitrogen and oxygen atoms in total. The maximum atomic E-state index is 5.85. The molecule has 0 aliphatic carbocycles. The molecule has 0 saturated heterocycles. The third-order valence-corrected chi connectivity index (χ3v) is 2.89. The maximum Gasteiger partial charge on any atom is 0.123 e. The van der Waals surface area contributed by atoms with Crippen LogP contribution in [0.15, 0.2) is 36.5 Å². The van der Waals surface area contributed by atoms with Crippen molar-refractivity contribution in [3.8, 4) is 5.75 Å². The van der Waals surface area contributed by atoms with Crippen molar-refractivity contribution < 1.29 is 4.74 Å². The van der Waals surface area contributed by atoms with E-state index in [1.165, 1.54) is 5.56 Å². The van der Waals surface area contributed by atoms with E-state index in [9.17, 15) is 0 Å². The normalized spacial score (nSPS) is 10.6. The SMILES string of the molecule is CCNCc1ccccc1OCCn1ccc(C)n1. The van der Waals surface area contributed by atoms with Gasteiger partial charge in [-0.25, -0.2) is 0 Å². The number of para-hydroxylation sites is 1. The average molecular weight is 259 g/mol. The highest BCUT2D eigenvalue weighted by molar-refractivity contribution is 5.33. The second-order valence-electron chi connectivity index (χ2n) is 4.46. The number of aryl methyl sites for hydroxylation is 1. The fourth-order valence-electron chi connectivity index (χ4n) is 1.89. The first kappa shape index (κ1) is 13.6. The van der Waals surface area contributed by atoms with Crippen LogP contribution in [0.4, 0.5) is 0 Å². The molecule has 0 fully saturated rings. The van der Waals surface area contributed by atoms with E-state index in [1.54, 1.807) is 0 Å². The maximum absolute atomic E-state index is 5.85. The van der Waals surface area contributed by atoms with Gasteiger partial charge in [0.1, 0.15) is 12.4 Å². The molecule has 1 aromatic heterocycles. The molecule has 0 amide bonds. The molecule has 0 bridgehead atoms. The van der Waals surface area contributed by atoms with Crippen LogP contribution < -0.4 is 10.1 Å². The van der Waals surface area contributed by atoms with Gasteiger partial charge >= 0.3 is 0 Å². The van der Waals surface area contributed by atoms with E-state index in [-0.39, 0.29) is 0 Å². The number of aromatic nitrogens is 2. The Morgan fingerprint density at radius 1 is 1.26 bits per heavy atom. The monoisotopic (exact) mass is 259 g/mol. The highest BCUT2D eigenvalue weighted by Crippen LogP contribution is 2.17. The van der Waals surface area contributed by atoms with Crippen LogP contribution in [0.2, 0.25) is 0 Å². The lowest BCUT2D eigenvalue weighted by Gasteiger charge is -2.11. The van der Waals surface area contributed by atoms with Crippen LogP contribution in [0.25, 0.3) is 0 Å². The first-order valence-corrected chi connectivity index (χ1v) is 6.71. The summed E-state index contributed by atoms with van der Waals surface area (Å²) in [6.07, 6.45) is 1.98. The molecular weight excluding hydrogens is 238 g/mol. The predicted octanol–water partition coefficient (Wildman–Crippen LogP) is 2.38. The largest absolute Gasteiger partial charge is 0.491 e. The van der Waals surface area contributed by atoms with E-state index in [4.69, 9.17) is 4.74 Å². The molecular formula is C15H21N3O. The molecule has 0 aliphatic rings. The van der Waals surface area contributed by atoms with Gasteiger partial charge in [0.25, 0.3) is 0 Å². The van der Waals surface area contributed by atoms with Crippen molar-refractivity contribution in [2.24, 2.45) is 0 Å². The van der Waals surface area contributed by atoms with E-state index in [2.05, 4.69) is 23.4 Å². The molecule has 0 radical (unpaired) electrons. The molecule has 1 heterocycles. The van der Waals surface area contributed by atoms with Crippen LogP contribution in [0.5, 0.6) is 5.75 Å². The number of nitrogens with zero attached hydrogens (tertiary/aromatic N) is 2. The highest BCUT2D eigenvalue weighted by Gasteiger charge is 2.02. The molecule has 0 aliphatic heterocycles. The highest BCUT2D eigenvalue weighted by atomic mass is 16.5. The Hall–Kier alpha value is -1.81. The fraction of sp³-hybridized carbons (Fsp3) is 0.400. The van der Waals surface area contributed by atoms with Crippen molar-refractivity contribution in [2.45, 2.75) is 26.9 Å². The van der Waals surface area contributed by atoms with Crippen LogP contribution in [0, 0.1) is 6.92 Å². The van der Waals surface area contributed by atoms with Crippen molar-refractivity contribution in [3.63, 3.8) is 0 Å². The Morgan fingerprint density at radius 2 is 2.11 bits per heavy atom. The van der Waals surface area contributed by atoms with Gasteiger partial charge in [-0.05, 0) is 25.6 Å². The number of ether oxygens (including phenoxy) is 1. The quantitative estimate of drug-likeness (QED) is 0.829. The number of benzene rings is 1. The Balaban J connectivity index is 1.88. The minimum absolute atomic E-state index is 0.629. The third-order valence-electron chi connectivity index (χ3n) is 2.89. The zero-order valence-corrected chi connectivity index (χ0v) is 11.6. The van der Waals surface area contributed by atoms with Crippen LogP contribution in [-0.2, 0) is 13.1 Å². The summed E-state index contributed by atoms with van der Waals surface area (Å²) in [5, 5.41) is 7.66. The van der Waals surface area contributed by atoms with Gasteiger partial charge in [0.2, 0.25) is 0 Å². The lowest BCUT2D eigenvalue weighted by atomic mass is 10.2. The summed E-state index contributed by atoms with van der Waals surface area (Å²) in [7, 11) is 0. The van der Waals surface area contributed by atoms with E-state index in [0.717, 1.165) is 31.1 Å². The molecule has 102 valence electrons. The zero-order chi connectivity index (χ0) is 13.5. The van der Waals surface area contributed by atoms with Crippen molar-refractivity contribution in [3.05, 3.63) is 47.8 Å². The minimum atomic E-state index is 0.629. The average Bonchev–Trinajstić information content (AvgIpc) is 2.83. The molecule has 1 N–H and O–H groups in total. The van der Waals surface area contributed by atoms with Gasteiger partial charge in [0.05, 0.1) is 12.2 Å². The standard InChI is InChI=1S/C15H21N3O/c1-3-16-12-14-6-4-5-7-15(14)19-11-10-18-9-8-13(2)17-18/h4-9,16H,3,10-12H2,1-2H3. The molecule has 19 heavy (non-hydrogen) atoms. The van der Waals surface area contributed by atoms with Gasteiger partial charge in [-0.2, -0.15) is 5.10 Å². The summed E-state index contributed by atoms with van der Waals surface area (Å²) < 4.78 is 7.75. The summed E-state index contributed by atoms with van der Waals surface area (Å²) in [4.78, 5) is 0.